The molecule has 3 aromatic carbocycles. The van der Waals surface area contributed by atoms with Gasteiger partial charge in [-0.1, -0.05) is 12.1 Å². The fourth-order valence-corrected chi connectivity index (χ4v) is 4.15. The van der Waals surface area contributed by atoms with Crippen LogP contribution in [0.1, 0.15) is 29.7 Å². The van der Waals surface area contributed by atoms with Crippen LogP contribution in [0.4, 0.5) is 18.9 Å². The summed E-state index contributed by atoms with van der Waals surface area (Å²) in [6.45, 7) is 4.03. The second kappa shape index (κ2) is 9.88. The van der Waals surface area contributed by atoms with Crippen molar-refractivity contribution in [2.24, 2.45) is 0 Å². The van der Waals surface area contributed by atoms with E-state index >= 15 is 0 Å². The molecule has 0 aromatic heterocycles. The Morgan fingerprint density at radius 3 is 2.22 bits per heavy atom. The molecule has 1 aliphatic rings. The van der Waals surface area contributed by atoms with E-state index in [0.717, 1.165) is 17.0 Å². The number of aliphatic hydroxyl groups excluding tert-OH is 1. The maximum atomic E-state index is 13.2. The number of anilines is 1. The lowest BCUT2D eigenvalue weighted by molar-refractivity contribution is -0.274. The number of hydrogen-bond donors (Lipinski definition) is 2. The van der Waals surface area contributed by atoms with Gasteiger partial charge in [-0.3, -0.25) is 14.5 Å². The van der Waals surface area contributed by atoms with Crippen molar-refractivity contribution in [1.82, 2.24) is 0 Å². The second-order valence-electron chi connectivity index (χ2n) is 8.22. The first kappa shape index (κ1) is 25.6. The predicted molar refractivity (Wildman–Crippen MR) is 128 cm³/mol. The van der Waals surface area contributed by atoms with E-state index < -0.39 is 35.6 Å². The number of hydrogen-bond acceptors (Lipinski definition) is 6. The largest absolute Gasteiger partial charge is 0.573 e. The molecule has 0 saturated carbocycles. The molecule has 7 nitrogen and oxygen atoms in total. The minimum absolute atomic E-state index is 0.0588. The van der Waals surface area contributed by atoms with Gasteiger partial charge in [0.15, 0.2) is 0 Å². The van der Waals surface area contributed by atoms with Crippen LogP contribution in [0.5, 0.6) is 17.2 Å². The van der Waals surface area contributed by atoms with Crippen LogP contribution in [0.2, 0.25) is 0 Å². The molecule has 1 fully saturated rings. The molecule has 10 heteroatoms. The Balaban J connectivity index is 1.84. The van der Waals surface area contributed by atoms with Crippen LogP contribution < -0.4 is 14.4 Å². The van der Waals surface area contributed by atoms with Crippen LogP contribution in [0.25, 0.3) is 5.76 Å². The minimum Gasteiger partial charge on any atom is -0.508 e. The van der Waals surface area contributed by atoms with E-state index in [1.165, 1.54) is 36.4 Å². The summed E-state index contributed by atoms with van der Waals surface area (Å²) in [6, 6.07) is 13.8. The fraction of sp³-hybridized carbons (Fsp3) is 0.185. The van der Waals surface area contributed by atoms with Gasteiger partial charge in [-0.05, 0) is 79.6 Å². The monoisotopic (exact) mass is 513 g/mol. The highest BCUT2D eigenvalue weighted by atomic mass is 19.4. The van der Waals surface area contributed by atoms with E-state index in [1.54, 1.807) is 25.1 Å². The van der Waals surface area contributed by atoms with Gasteiger partial charge in [0.1, 0.15) is 23.0 Å². The van der Waals surface area contributed by atoms with Gasteiger partial charge in [-0.2, -0.15) is 0 Å². The molecule has 0 spiro atoms. The Hall–Kier alpha value is -4.47. The normalized spacial score (nSPS) is 17.2. The van der Waals surface area contributed by atoms with Gasteiger partial charge in [-0.25, -0.2) is 0 Å². The summed E-state index contributed by atoms with van der Waals surface area (Å²) in [5.74, 6) is -2.35. The summed E-state index contributed by atoms with van der Waals surface area (Å²) >= 11 is 0. The van der Waals surface area contributed by atoms with Crippen molar-refractivity contribution in [2.75, 3.05) is 11.5 Å². The number of ether oxygens (including phenoxy) is 2. The Labute approximate surface area is 210 Å². The quantitative estimate of drug-likeness (QED) is 0.252. The molecule has 1 saturated heterocycles. The molecule has 0 bridgehead atoms. The summed E-state index contributed by atoms with van der Waals surface area (Å²) in [5.41, 5.74) is 1.25. The third-order valence-electron chi connectivity index (χ3n) is 5.75. The third kappa shape index (κ3) is 5.23. The third-order valence-corrected chi connectivity index (χ3v) is 5.75. The number of aromatic hydroxyl groups is 1. The zero-order chi connectivity index (χ0) is 26.9. The van der Waals surface area contributed by atoms with Gasteiger partial charge < -0.3 is 19.7 Å². The number of carbonyl (C=O) groups excluding carboxylic acids is 2. The molecule has 0 radical (unpaired) electrons. The lowest BCUT2D eigenvalue weighted by Gasteiger charge is -2.25. The molecule has 3 aromatic rings. The first-order valence-electron chi connectivity index (χ1n) is 11.2. The zero-order valence-electron chi connectivity index (χ0n) is 19.7. The maximum absolute atomic E-state index is 13.2. The van der Waals surface area contributed by atoms with Crippen molar-refractivity contribution >= 4 is 23.1 Å². The number of phenols is 1. The smallest absolute Gasteiger partial charge is 0.508 e. The molecule has 4 rings (SSSR count). The molecular formula is C27H22F3NO6. The first-order chi connectivity index (χ1) is 17.5. The van der Waals surface area contributed by atoms with Crippen LogP contribution in [0.15, 0.2) is 72.3 Å². The van der Waals surface area contributed by atoms with Gasteiger partial charge in [0, 0.05) is 11.3 Å². The number of ketones is 1. The number of alkyl halides is 3. The van der Waals surface area contributed by atoms with Crippen molar-refractivity contribution in [1.29, 1.82) is 0 Å². The lowest BCUT2D eigenvalue weighted by atomic mass is 9.94. The topological polar surface area (TPSA) is 96.3 Å². The summed E-state index contributed by atoms with van der Waals surface area (Å²) in [6.07, 6.45) is -4.90. The minimum atomic E-state index is -4.90. The Morgan fingerprint density at radius 1 is 1.00 bits per heavy atom. The molecule has 0 aliphatic carbocycles. The van der Waals surface area contributed by atoms with Gasteiger partial charge in [0.25, 0.3) is 11.7 Å². The van der Waals surface area contributed by atoms with Crippen molar-refractivity contribution in [3.05, 3.63) is 89.0 Å². The number of Topliss-reactive ketones (excluding diaryl/α,β-unsaturated/α-hetero) is 1. The number of halogens is 3. The SMILES string of the molecule is CCOc1ccc(/C(O)=C2/C(=O)C(=O)N(c3ccc(OC(F)(F)F)cc3)C2c2ccc(O)cc2)cc1C. The molecule has 1 unspecified atom stereocenters. The highest BCUT2D eigenvalue weighted by molar-refractivity contribution is 6.51. The van der Waals surface area contributed by atoms with Crippen LogP contribution in [0.3, 0.4) is 0 Å². The molecule has 37 heavy (non-hydrogen) atoms. The van der Waals surface area contributed by atoms with Gasteiger partial charge in [-0.15, -0.1) is 13.2 Å². The van der Waals surface area contributed by atoms with Gasteiger partial charge in [0.2, 0.25) is 0 Å². The number of benzene rings is 3. The lowest BCUT2D eigenvalue weighted by Crippen LogP contribution is -2.29. The molecular weight excluding hydrogens is 491 g/mol. The standard InChI is InChI=1S/C27H22F3NO6/c1-3-36-21-13-6-17(14-15(21)2)24(33)22-23(16-4-9-19(32)10-5-16)31(26(35)25(22)34)18-7-11-20(12-8-18)37-27(28,29)30/h4-14,23,32-33H,3H2,1-2H3/b24-22-. The van der Waals surface area contributed by atoms with E-state index in [-0.39, 0.29) is 22.6 Å². The molecule has 1 aliphatic heterocycles. The van der Waals surface area contributed by atoms with Crippen LogP contribution in [-0.4, -0.2) is 34.9 Å². The Kier molecular flexibility index (Phi) is 6.84. The number of nitrogens with zero attached hydrogens (tertiary/aromatic N) is 1. The van der Waals surface area contributed by atoms with Crippen LogP contribution in [0, 0.1) is 6.92 Å². The number of aryl methyl sites for hydroxylation is 1. The molecule has 1 heterocycles. The van der Waals surface area contributed by atoms with Crippen molar-refractivity contribution in [3.8, 4) is 17.2 Å². The summed E-state index contributed by atoms with van der Waals surface area (Å²) in [5, 5.41) is 21.0. The number of carbonyl (C=O) groups is 2. The second-order valence-corrected chi connectivity index (χ2v) is 8.22. The van der Waals surface area contributed by atoms with E-state index in [0.29, 0.717) is 23.5 Å². The van der Waals surface area contributed by atoms with E-state index in [4.69, 9.17) is 4.74 Å². The highest BCUT2D eigenvalue weighted by Crippen LogP contribution is 2.43. The fourth-order valence-electron chi connectivity index (χ4n) is 4.15. The average Bonchev–Trinajstić information content (AvgIpc) is 3.10. The Morgan fingerprint density at radius 2 is 1.65 bits per heavy atom. The van der Waals surface area contributed by atoms with E-state index in [9.17, 15) is 33.0 Å². The molecule has 192 valence electrons. The predicted octanol–water partition coefficient (Wildman–Crippen LogP) is 5.62. The van der Waals surface area contributed by atoms with E-state index in [1.807, 2.05) is 6.92 Å². The summed E-state index contributed by atoms with van der Waals surface area (Å²) in [7, 11) is 0. The molecule has 2 N–H and O–H groups in total. The van der Waals surface area contributed by atoms with Crippen molar-refractivity contribution in [2.45, 2.75) is 26.3 Å². The summed E-state index contributed by atoms with van der Waals surface area (Å²) < 4.78 is 47.1. The zero-order valence-corrected chi connectivity index (χ0v) is 19.7. The number of phenolic OH excluding ortho intramolecular Hbond substituents is 1. The van der Waals surface area contributed by atoms with E-state index in [2.05, 4.69) is 4.74 Å². The average molecular weight is 513 g/mol. The van der Waals surface area contributed by atoms with Crippen molar-refractivity contribution < 1.29 is 42.4 Å². The van der Waals surface area contributed by atoms with Gasteiger partial charge in [0.05, 0.1) is 18.2 Å². The van der Waals surface area contributed by atoms with Crippen molar-refractivity contribution in [3.63, 3.8) is 0 Å². The van der Waals surface area contributed by atoms with Crippen LogP contribution in [-0.2, 0) is 9.59 Å². The first-order valence-corrected chi connectivity index (χ1v) is 11.2. The molecule has 1 amide bonds. The molecule has 1 atom stereocenters. The highest BCUT2D eigenvalue weighted by Gasteiger charge is 2.47. The number of aliphatic hydroxyl groups is 1. The van der Waals surface area contributed by atoms with Gasteiger partial charge >= 0.3 is 6.36 Å². The number of amides is 1. The van der Waals surface area contributed by atoms with Crippen LogP contribution >= 0.6 is 0 Å². The number of rotatable bonds is 6. The maximum Gasteiger partial charge on any atom is 0.573 e. The Bertz CT molecular complexity index is 1360. The summed E-state index contributed by atoms with van der Waals surface area (Å²) in [4.78, 5) is 27.5.